The molecule has 4 rings (SSSR count). The van der Waals surface area contributed by atoms with Gasteiger partial charge in [0.15, 0.2) is 0 Å². The average Bonchev–Trinajstić information content (AvgIpc) is 2.68. The summed E-state index contributed by atoms with van der Waals surface area (Å²) in [5.74, 6) is 0. The molecule has 0 amide bonds. The van der Waals surface area contributed by atoms with E-state index in [1.54, 1.807) is 0 Å². The average molecular weight is 547 g/mol. The zero-order valence-electron chi connectivity index (χ0n) is 13.8. The second-order valence-electron chi connectivity index (χ2n) is 5.66. The third-order valence-electron chi connectivity index (χ3n) is 3.79. The first-order valence-corrected chi connectivity index (χ1v) is 10.4. The fraction of sp³-hybridized carbons (Fsp3) is 0. The van der Waals surface area contributed by atoms with E-state index < -0.39 is 0 Å². The molecule has 4 aromatic rings. The standard InChI is InChI=1S/C20H11Br3N4/c21-18-7-1-4-13(25-18)12-10-16(14-5-2-8-19(22)26-14)24-17(11-12)15-6-3-9-20(23)27-15/h1-11H. The second-order valence-corrected chi connectivity index (χ2v) is 8.10. The van der Waals surface area contributed by atoms with Gasteiger partial charge in [-0.05, 0) is 96.3 Å². The molecule has 0 aromatic carbocycles. The Morgan fingerprint density at radius 1 is 0.444 bits per heavy atom. The summed E-state index contributed by atoms with van der Waals surface area (Å²) in [5.41, 5.74) is 4.86. The summed E-state index contributed by atoms with van der Waals surface area (Å²) in [6, 6.07) is 21.3. The Balaban J connectivity index is 1.94. The molecule has 132 valence electrons. The van der Waals surface area contributed by atoms with Crippen LogP contribution in [0.3, 0.4) is 0 Å². The fourth-order valence-corrected chi connectivity index (χ4v) is 3.64. The van der Waals surface area contributed by atoms with E-state index in [9.17, 15) is 0 Å². The van der Waals surface area contributed by atoms with Gasteiger partial charge in [-0.3, -0.25) is 0 Å². The van der Waals surface area contributed by atoms with Crippen molar-refractivity contribution in [3.8, 4) is 34.0 Å². The van der Waals surface area contributed by atoms with Crippen LogP contribution in [0.1, 0.15) is 0 Å². The first-order chi connectivity index (χ1) is 13.1. The molecule has 4 heterocycles. The summed E-state index contributed by atoms with van der Waals surface area (Å²) in [5, 5.41) is 0. The first-order valence-electron chi connectivity index (χ1n) is 7.99. The third kappa shape index (κ3) is 4.31. The molecule has 0 fully saturated rings. The lowest BCUT2D eigenvalue weighted by molar-refractivity contribution is 1.19. The van der Waals surface area contributed by atoms with Crippen molar-refractivity contribution in [2.24, 2.45) is 0 Å². The first kappa shape index (κ1) is 18.4. The number of nitrogens with zero attached hydrogens (tertiary/aromatic N) is 4. The van der Waals surface area contributed by atoms with E-state index in [-0.39, 0.29) is 0 Å². The molecule has 0 spiro atoms. The van der Waals surface area contributed by atoms with Crippen LogP contribution in [0.4, 0.5) is 0 Å². The highest BCUT2D eigenvalue weighted by Crippen LogP contribution is 2.29. The Kier molecular flexibility index (Phi) is 5.43. The second kappa shape index (κ2) is 7.96. The van der Waals surface area contributed by atoms with Gasteiger partial charge in [0.05, 0.1) is 28.5 Å². The van der Waals surface area contributed by atoms with Crippen LogP contribution in [0.25, 0.3) is 34.0 Å². The summed E-state index contributed by atoms with van der Waals surface area (Å²) < 4.78 is 2.30. The van der Waals surface area contributed by atoms with Crippen LogP contribution in [0.15, 0.2) is 80.5 Å². The van der Waals surface area contributed by atoms with E-state index in [1.807, 2.05) is 66.7 Å². The lowest BCUT2D eigenvalue weighted by Crippen LogP contribution is -1.95. The third-order valence-corrected chi connectivity index (χ3v) is 5.12. The Hall–Kier alpha value is -1.96. The minimum absolute atomic E-state index is 0.757. The number of pyridine rings is 4. The summed E-state index contributed by atoms with van der Waals surface area (Å²) in [6.07, 6.45) is 0. The maximum atomic E-state index is 4.80. The highest BCUT2D eigenvalue weighted by molar-refractivity contribution is 9.11. The molecule has 4 aromatic heterocycles. The minimum Gasteiger partial charge on any atom is -0.244 e. The molecule has 27 heavy (non-hydrogen) atoms. The van der Waals surface area contributed by atoms with Gasteiger partial charge in [-0.2, -0.15) is 0 Å². The molecule has 0 saturated carbocycles. The zero-order valence-corrected chi connectivity index (χ0v) is 18.5. The van der Waals surface area contributed by atoms with Crippen molar-refractivity contribution in [3.63, 3.8) is 0 Å². The summed E-state index contributed by atoms with van der Waals surface area (Å²) in [4.78, 5) is 18.5. The molecule has 0 N–H and O–H groups in total. The smallest absolute Gasteiger partial charge is 0.106 e. The zero-order chi connectivity index (χ0) is 18.8. The number of hydrogen-bond acceptors (Lipinski definition) is 4. The SMILES string of the molecule is Brc1cccc(-c2cc(-c3cccc(Br)n3)nc(-c3cccc(Br)n3)c2)n1. The van der Waals surface area contributed by atoms with E-state index in [2.05, 4.69) is 62.7 Å². The Morgan fingerprint density at radius 2 is 0.852 bits per heavy atom. The van der Waals surface area contributed by atoms with Gasteiger partial charge in [0.2, 0.25) is 0 Å². The lowest BCUT2D eigenvalue weighted by Gasteiger charge is -2.09. The molecule has 0 aliphatic carbocycles. The molecular formula is C20H11Br3N4. The predicted octanol–water partition coefficient (Wildman–Crippen LogP) is 6.56. The van der Waals surface area contributed by atoms with E-state index in [4.69, 9.17) is 4.98 Å². The molecule has 0 saturated heterocycles. The molecule has 0 aliphatic heterocycles. The van der Waals surface area contributed by atoms with Gasteiger partial charge >= 0.3 is 0 Å². The van der Waals surface area contributed by atoms with Crippen LogP contribution in [-0.4, -0.2) is 19.9 Å². The van der Waals surface area contributed by atoms with Crippen molar-refractivity contribution in [3.05, 3.63) is 80.5 Å². The molecular weight excluding hydrogens is 536 g/mol. The van der Waals surface area contributed by atoms with Crippen molar-refractivity contribution in [1.82, 2.24) is 19.9 Å². The largest absolute Gasteiger partial charge is 0.244 e. The van der Waals surface area contributed by atoms with Gasteiger partial charge in [-0.1, -0.05) is 18.2 Å². The van der Waals surface area contributed by atoms with Crippen LogP contribution in [0.5, 0.6) is 0 Å². The Labute approximate surface area is 181 Å². The van der Waals surface area contributed by atoms with Crippen LogP contribution >= 0.6 is 47.8 Å². The van der Waals surface area contributed by atoms with E-state index in [0.29, 0.717) is 0 Å². The molecule has 0 bridgehead atoms. The number of aromatic nitrogens is 4. The summed E-state index contributed by atoms with van der Waals surface area (Å²) >= 11 is 10.3. The maximum Gasteiger partial charge on any atom is 0.106 e. The van der Waals surface area contributed by atoms with E-state index in [0.717, 1.165) is 47.8 Å². The van der Waals surface area contributed by atoms with E-state index in [1.165, 1.54) is 0 Å². The predicted molar refractivity (Wildman–Crippen MR) is 117 cm³/mol. The van der Waals surface area contributed by atoms with Gasteiger partial charge in [0.25, 0.3) is 0 Å². The van der Waals surface area contributed by atoms with Gasteiger partial charge in [0.1, 0.15) is 13.8 Å². The Morgan fingerprint density at radius 3 is 1.30 bits per heavy atom. The quantitative estimate of drug-likeness (QED) is 0.273. The number of halogens is 3. The summed E-state index contributed by atoms with van der Waals surface area (Å²) in [6.45, 7) is 0. The summed E-state index contributed by atoms with van der Waals surface area (Å²) in [7, 11) is 0. The van der Waals surface area contributed by atoms with Gasteiger partial charge in [-0.15, -0.1) is 0 Å². The molecule has 4 nitrogen and oxygen atoms in total. The van der Waals surface area contributed by atoms with Crippen molar-refractivity contribution in [2.45, 2.75) is 0 Å². The number of rotatable bonds is 3. The van der Waals surface area contributed by atoms with Crippen molar-refractivity contribution in [2.75, 3.05) is 0 Å². The fourth-order valence-electron chi connectivity index (χ4n) is 2.61. The normalized spacial score (nSPS) is 10.8. The van der Waals surface area contributed by atoms with Crippen molar-refractivity contribution >= 4 is 47.8 Å². The molecule has 0 atom stereocenters. The maximum absolute atomic E-state index is 4.80. The van der Waals surface area contributed by atoms with Gasteiger partial charge < -0.3 is 0 Å². The van der Waals surface area contributed by atoms with Gasteiger partial charge in [-0.25, -0.2) is 19.9 Å². The van der Waals surface area contributed by atoms with Crippen LogP contribution in [0.2, 0.25) is 0 Å². The molecule has 0 aliphatic rings. The highest BCUT2D eigenvalue weighted by atomic mass is 79.9. The Bertz CT molecular complexity index is 978. The lowest BCUT2D eigenvalue weighted by atomic mass is 10.1. The van der Waals surface area contributed by atoms with Crippen LogP contribution in [-0.2, 0) is 0 Å². The van der Waals surface area contributed by atoms with Crippen LogP contribution in [0, 0.1) is 0 Å². The van der Waals surface area contributed by atoms with Gasteiger partial charge in [0, 0.05) is 5.56 Å². The topological polar surface area (TPSA) is 51.6 Å². The number of hydrogen-bond donors (Lipinski definition) is 0. The highest BCUT2D eigenvalue weighted by Gasteiger charge is 2.12. The minimum atomic E-state index is 0.757. The van der Waals surface area contributed by atoms with E-state index >= 15 is 0 Å². The van der Waals surface area contributed by atoms with Crippen molar-refractivity contribution < 1.29 is 0 Å². The molecule has 0 radical (unpaired) electrons. The molecule has 0 unspecified atom stereocenters. The molecule has 7 heteroatoms. The van der Waals surface area contributed by atoms with Crippen molar-refractivity contribution in [1.29, 1.82) is 0 Å². The monoisotopic (exact) mass is 544 g/mol. The van der Waals surface area contributed by atoms with Crippen LogP contribution < -0.4 is 0 Å².